The van der Waals surface area contributed by atoms with Crippen LogP contribution in [-0.4, -0.2) is 41.1 Å². The maximum Gasteiger partial charge on any atom is 0.416 e. The maximum absolute atomic E-state index is 13.1. The Morgan fingerprint density at radius 1 is 0.707 bits per heavy atom. The number of ether oxygens (including phenoxy) is 2. The van der Waals surface area contributed by atoms with Gasteiger partial charge in [0.15, 0.2) is 0 Å². The standard InChI is InChI=1S/C26H16BrF6NO7/c27-17-7-9-18(10-8-17)34-21(35)19(40-23(38)13-3-1-5-15(11-13)25(28,29)30)20(22(36)37)41-24(39)14-4-2-6-16(12-14)26(31,32)33/h1-12,19-20H,(H,34,35)(H,36,37)/t19-,20-/m1/s1. The zero-order valence-electron chi connectivity index (χ0n) is 20.1. The molecular formula is C26H16BrF6NO7. The minimum absolute atomic E-state index is 0.0478. The van der Waals surface area contributed by atoms with E-state index < -0.39 is 70.6 Å². The smallest absolute Gasteiger partial charge is 0.416 e. The highest BCUT2D eigenvalue weighted by Crippen LogP contribution is 2.31. The Labute approximate surface area is 235 Å². The predicted octanol–water partition coefficient (Wildman–Crippen LogP) is 5.96. The molecule has 0 saturated heterocycles. The molecule has 1 amide bonds. The number of aliphatic carboxylic acids is 1. The summed E-state index contributed by atoms with van der Waals surface area (Å²) < 4.78 is 88.8. The lowest BCUT2D eigenvalue weighted by Crippen LogP contribution is -2.48. The number of halogens is 7. The molecule has 41 heavy (non-hydrogen) atoms. The van der Waals surface area contributed by atoms with Gasteiger partial charge in [0.2, 0.25) is 12.2 Å². The highest BCUT2D eigenvalue weighted by atomic mass is 79.9. The third-order valence-corrected chi connectivity index (χ3v) is 5.74. The number of carbonyl (C=O) groups excluding carboxylic acids is 3. The summed E-state index contributed by atoms with van der Waals surface area (Å²) in [5, 5.41) is 11.9. The van der Waals surface area contributed by atoms with Crippen molar-refractivity contribution < 1.29 is 60.1 Å². The Morgan fingerprint density at radius 3 is 1.56 bits per heavy atom. The van der Waals surface area contributed by atoms with E-state index in [9.17, 15) is 50.6 Å². The quantitative estimate of drug-likeness (QED) is 0.229. The molecule has 0 radical (unpaired) electrons. The lowest BCUT2D eigenvalue weighted by molar-refractivity contribution is -0.157. The molecular weight excluding hydrogens is 632 g/mol. The predicted molar refractivity (Wildman–Crippen MR) is 132 cm³/mol. The van der Waals surface area contributed by atoms with E-state index in [1.165, 1.54) is 24.3 Å². The van der Waals surface area contributed by atoms with Crippen molar-refractivity contribution in [2.45, 2.75) is 24.6 Å². The third-order valence-electron chi connectivity index (χ3n) is 5.21. The van der Waals surface area contributed by atoms with Gasteiger partial charge in [-0.1, -0.05) is 28.1 Å². The number of alkyl halides is 6. The minimum Gasteiger partial charge on any atom is -0.478 e. The molecule has 2 N–H and O–H groups in total. The van der Waals surface area contributed by atoms with E-state index in [1.807, 2.05) is 0 Å². The fraction of sp³-hybridized carbons (Fsp3) is 0.154. The molecule has 3 aromatic rings. The van der Waals surface area contributed by atoms with Gasteiger partial charge >= 0.3 is 30.3 Å². The van der Waals surface area contributed by atoms with E-state index in [0.29, 0.717) is 28.7 Å². The van der Waals surface area contributed by atoms with Crippen molar-refractivity contribution in [2.24, 2.45) is 0 Å². The topological polar surface area (TPSA) is 119 Å². The number of amides is 1. The summed E-state index contributed by atoms with van der Waals surface area (Å²) in [6.07, 6.45) is -14.9. The maximum atomic E-state index is 13.1. The fourth-order valence-corrected chi connectivity index (χ4v) is 3.52. The monoisotopic (exact) mass is 647 g/mol. The summed E-state index contributed by atoms with van der Waals surface area (Å²) in [7, 11) is 0. The van der Waals surface area contributed by atoms with Gasteiger partial charge in [-0.2, -0.15) is 26.3 Å². The van der Waals surface area contributed by atoms with Crippen LogP contribution in [0.25, 0.3) is 0 Å². The zero-order chi connectivity index (χ0) is 30.5. The molecule has 0 aromatic heterocycles. The number of carbonyl (C=O) groups is 4. The van der Waals surface area contributed by atoms with Crippen molar-refractivity contribution in [2.75, 3.05) is 5.32 Å². The van der Waals surface area contributed by atoms with Gasteiger partial charge < -0.3 is 19.9 Å². The SMILES string of the molecule is O=C(O[C@@H](C(=O)O)[C@@H](OC(=O)c1cccc(C(F)(F)F)c1)C(=O)Nc1ccc(Br)cc1)c1cccc(C(F)(F)F)c1. The second-order valence-electron chi connectivity index (χ2n) is 8.14. The number of hydrogen-bond acceptors (Lipinski definition) is 6. The second-order valence-corrected chi connectivity index (χ2v) is 9.06. The lowest BCUT2D eigenvalue weighted by atomic mass is 10.1. The number of anilines is 1. The van der Waals surface area contributed by atoms with Gasteiger partial charge in [-0.05, 0) is 60.7 Å². The number of esters is 2. The van der Waals surface area contributed by atoms with E-state index >= 15 is 0 Å². The first-order valence-corrected chi connectivity index (χ1v) is 11.9. The average Bonchev–Trinajstić information content (AvgIpc) is 2.90. The normalized spacial score (nSPS) is 13.0. The van der Waals surface area contributed by atoms with Crippen LogP contribution in [0.5, 0.6) is 0 Å². The average molecular weight is 648 g/mol. The van der Waals surface area contributed by atoms with Gasteiger partial charge in [0.1, 0.15) is 0 Å². The lowest BCUT2D eigenvalue weighted by Gasteiger charge is -2.24. The first-order chi connectivity index (χ1) is 19.1. The van der Waals surface area contributed by atoms with E-state index in [1.54, 1.807) is 0 Å². The van der Waals surface area contributed by atoms with Crippen LogP contribution >= 0.6 is 15.9 Å². The number of hydrogen-bond donors (Lipinski definition) is 2. The summed E-state index contributed by atoms with van der Waals surface area (Å²) in [6.45, 7) is 0. The van der Waals surface area contributed by atoms with Crippen LogP contribution in [0, 0.1) is 0 Å². The first-order valence-electron chi connectivity index (χ1n) is 11.1. The molecule has 0 saturated carbocycles. The second kappa shape index (κ2) is 12.4. The Morgan fingerprint density at radius 2 is 1.15 bits per heavy atom. The molecule has 8 nitrogen and oxygen atoms in total. The molecule has 0 unspecified atom stereocenters. The van der Waals surface area contributed by atoms with Crippen molar-refractivity contribution in [1.82, 2.24) is 0 Å². The zero-order valence-corrected chi connectivity index (χ0v) is 21.7. The van der Waals surface area contributed by atoms with Crippen molar-refractivity contribution in [3.63, 3.8) is 0 Å². The number of nitrogens with one attached hydrogen (secondary N) is 1. The molecule has 0 aliphatic carbocycles. The Hall–Kier alpha value is -4.40. The van der Waals surface area contributed by atoms with Crippen molar-refractivity contribution in [1.29, 1.82) is 0 Å². The summed E-state index contributed by atoms with van der Waals surface area (Å²) >= 11 is 3.16. The summed E-state index contributed by atoms with van der Waals surface area (Å²) in [6, 6.07) is 11.2. The van der Waals surface area contributed by atoms with Crippen LogP contribution in [0.15, 0.2) is 77.3 Å². The molecule has 15 heteroatoms. The molecule has 0 aliphatic heterocycles. The van der Waals surface area contributed by atoms with E-state index in [2.05, 4.69) is 21.2 Å². The largest absolute Gasteiger partial charge is 0.478 e. The summed E-state index contributed by atoms with van der Waals surface area (Å²) in [5.41, 5.74) is -3.95. The van der Waals surface area contributed by atoms with E-state index in [-0.39, 0.29) is 5.69 Å². The highest BCUT2D eigenvalue weighted by molar-refractivity contribution is 9.10. The van der Waals surface area contributed by atoms with Crippen molar-refractivity contribution >= 4 is 45.4 Å². The van der Waals surface area contributed by atoms with Crippen LogP contribution in [-0.2, 0) is 31.4 Å². The summed E-state index contributed by atoms with van der Waals surface area (Å²) in [5.74, 6) is -6.65. The van der Waals surface area contributed by atoms with Crippen LogP contribution < -0.4 is 5.32 Å². The number of carboxylic acid groups (broad SMARTS) is 1. The van der Waals surface area contributed by atoms with E-state index in [4.69, 9.17) is 9.47 Å². The minimum atomic E-state index is -4.87. The number of benzene rings is 3. The summed E-state index contributed by atoms with van der Waals surface area (Å²) in [4.78, 5) is 50.5. The molecule has 3 aromatic carbocycles. The molecule has 0 fully saturated rings. The van der Waals surface area contributed by atoms with Crippen LogP contribution in [0.2, 0.25) is 0 Å². The van der Waals surface area contributed by atoms with Gasteiger partial charge in [-0.3, -0.25) is 4.79 Å². The van der Waals surface area contributed by atoms with Crippen LogP contribution in [0.3, 0.4) is 0 Å². The van der Waals surface area contributed by atoms with Crippen LogP contribution in [0.4, 0.5) is 32.0 Å². The Bertz CT molecular complexity index is 1460. The van der Waals surface area contributed by atoms with Crippen molar-refractivity contribution in [3.8, 4) is 0 Å². The molecule has 2 atom stereocenters. The highest BCUT2D eigenvalue weighted by Gasteiger charge is 2.42. The molecule has 0 heterocycles. The van der Waals surface area contributed by atoms with Gasteiger partial charge in [0, 0.05) is 10.2 Å². The molecule has 0 aliphatic rings. The molecule has 3 rings (SSSR count). The molecule has 216 valence electrons. The Kier molecular flexibility index (Phi) is 9.42. The fourth-order valence-electron chi connectivity index (χ4n) is 3.25. The number of carboxylic acids is 1. The van der Waals surface area contributed by atoms with Gasteiger partial charge in [0.05, 0.1) is 22.3 Å². The van der Waals surface area contributed by atoms with Crippen LogP contribution in [0.1, 0.15) is 31.8 Å². The third kappa shape index (κ3) is 8.30. The molecule has 0 spiro atoms. The Balaban J connectivity index is 1.96. The van der Waals surface area contributed by atoms with Gasteiger partial charge in [-0.25, -0.2) is 14.4 Å². The van der Waals surface area contributed by atoms with Crippen molar-refractivity contribution in [3.05, 3.63) is 99.5 Å². The van der Waals surface area contributed by atoms with E-state index in [0.717, 1.165) is 24.3 Å². The number of rotatable bonds is 8. The first kappa shape index (κ1) is 31.1. The van der Waals surface area contributed by atoms with Gasteiger partial charge in [-0.15, -0.1) is 0 Å². The molecule has 0 bridgehead atoms. The van der Waals surface area contributed by atoms with Gasteiger partial charge in [0.25, 0.3) is 5.91 Å².